The number of rotatable bonds is 7. The summed E-state index contributed by atoms with van der Waals surface area (Å²) in [5.74, 6) is 5.18. The van der Waals surface area contributed by atoms with Crippen LogP contribution in [0.25, 0.3) is 0 Å². The third-order valence-corrected chi connectivity index (χ3v) is 2.69. The molecule has 0 saturated heterocycles. The number of pyridine rings is 1. The molecule has 1 atom stereocenters. The number of methoxy groups -OCH3 is 2. The summed E-state index contributed by atoms with van der Waals surface area (Å²) in [6, 6.07) is 3.11. The van der Waals surface area contributed by atoms with E-state index in [1.54, 1.807) is 26.4 Å². The van der Waals surface area contributed by atoms with Crippen LogP contribution in [0.4, 0.5) is 5.82 Å². The van der Waals surface area contributed by atoms with Gasteiger partial charge in [-0.1, -0.05) is 11.6 Å². The molecule has 1 aromatic rings. The second kappa shape index (κ2) is 7.90. The summed E-state index contributed by atoms with van der Waals surface area (Å²) in [5.41, 5.74) is 2.45. The number of aromatic nitrogens is 1. The van der Waals surface area contributed by atoms with E-state index in [4.69, 9.17) is 26.9 Å². The molecule has 1 rings (SSSR count). The Kier molecular flexibility index (Phi) is 6.51. The highest BCUT2D eigenvalue weighted by atomic mass is 35.5. The molecular formula is C11H17ClN4O3. The molecule has 19 heavy (non-hydrogen) atoms. The van der Waals surface area contributed by atoms with Crippen molar-refractivity contribution in [2.45, 2.75) is 6.10 Å². The molecule has 0 saturated carbocycles. The van der Waals surface area contributed by atoms with Gasteiger partial charge in [-0.15, -0.1) is 0 Å². The number of carbonyl (C=O) groups excluding carboxylic acids is 1. The van der Waals surface area contributed by atoms with Gasteiger partial charge in [-0.05, 0) is 12.1 Å². The van der Waals surface area contributed by atoms with Gasteiger partial charge >= 0.3 is 0 Å². The Morgan fingerprint density at radius 2 is 2.26 bits per heavy atom. The number of hydrazine groups is 1. The summed E-state index contributed by atoms with van der Waals surface area (Å²) in [7, 11) is 3.10. The Labute approximate surface area is 116 Å². The highest BCUT2D eigenvalue weighted by Crippen LogP contribution is 2.16. The van der Waals surface area contributed by atoms with Crippen LogP contribution in [0, 0.1) is 0 Å². The van der Waals surface area contributed by atoms with E-state index in [9.17, 15) is 4.79 Å². The van der Waals surface area contributed by atoms with Crippen molar-refractivity contribution < 1.29 is 14.3 Å². The molecular weight excluding hydrogens is 272 g/mol. The maximum absolute atomic E-state index is 11.9. The topological polar surface area (TPSA) is 98.5 Å². The Morgan fingerprint density at radius 1 is 1.53 bits per heavy atom. The number of anilines is 1. The van der Waals surface area contributed by atoms with Crippen molar-refractivity contribution in [1.29, 1.82) is 0 Å². The van der Waals surface area contributed by atoms with E-state index in [1.807, 2.05) is 0 Å². The summed E-state index contributed by atoms with van der Waals surface area (Å²) >= 11 is 5.91. The minimum Gasteiger partial charge on any atom is -0.382 e. The van der Waals surface area contributed by atoms with Gasteiger partial charge in [-0.2, -0.15) is 0 Å². The van der Waals surface area contributed by atoms with Crippen LogP contribution in [0.3, 0.4) is 0 Å². The largest absolute Gasteiger partial charge is 0.382 e. The van der Waals surface area contributed by atoms with E-state index in [0.717, 1.165) is 0 Å². The molecule has 106 valence electrons. The minimum atomic E-state index is -0.403. The minimum absolute atomic E-state index is 0.101. The van der Waals surface area contributed by atoms with Crippen molar-refractivity contribution >= 4 is 23.3 Å². The molecule has 1 amide bonds. The molecule has 1 heterocycles. The lowest BCUT2D eigenvalue weighted by molar-refractivity contribution is 0.0285. The number of nitrogens with zero attached hydrogens (tertiary/aromatic N) is 1. The molecule has 0 aliphatic heterocycles. The van der Waals surface area contributed by atoms with Gasteiger partial charge in [0.2, 0.25) is 0 Å². The van der Waals surface area contributed by atoms with E-state index in [1.165, 1.54) is 0 Å². The number of nitrogens with one attached hydrogen (secondary N) is 2. The zero-order chi connectivity index (χ0) is 14.3. The molecule has 1 aromatic heterocycles. The predicted octanol–water partition coefficient (Wildman–Crippen LogP) is 0.412. The molecule has 0 aromatic carbocycles. The van der Waals surface area contributed by atoms with Gasteiger partial charge in [0, 0.05) is 20.8 Å². The standard InChI is InChI=1S/C11H17ClN4O3/c1-18-6-7(19-2)5-14-11(17)10-8(12)3-4-9(15-10)16-13/h3-4,7H,5-6,13H2,1-2H3,(H,14,17)(H,15,16). The van der Waals surface area contributed by atoms with Gasteiger partial charge in [0.25, 0.3) is 5.91 Å². The Hall–Kier alpha value is -1.41. The SMILES string of the molecule is COCC(CNC(=O)c1nc(NN)ccc1Cl)OC. The first-order valence-electron chi connectivity index (χ1n) is 5.55. The van der Waals surface area contributed by atoms with Crippen LogP contribution in [0.15, 0.2) is 12.1 Å². The van der Waals surface area contributed by atoms with E-state index >= 15 is 0 Å². The number of nitrogens with two attached hydrogens (primary N) is 1. The zero-order valence-electron chi connectivity index (χ0n) is 10.8. The number of amides is 1. The Morgan fingerprint density at radius 3 is 2.84 bits per heavy atom. The normalized spacial score (nSPS) is 12.0. The van der Waals surface area contributed by atoms with Crippen LogP contribution in [0.5, 0.6) is 0 Å². The van der Waals surface area contributed by atoms with Crippen molar-refractivity contribution in [2.24, 2.45) is 5.84 Å². The molecule has 0 fully saturated rings. The van der Waals surface area contributed by atoms with Crippen molar-refractivity contribution in [3.05, 3.63) is 22.8 Å². The maximum atomic E-state index is 11.9. The maximum Gasteiger partial charge on any atom is 0.271 e. The van der Waals surface area contributed by atoms with Crippen molar-refractivity contribution in [3.8, 4) is 0 Å². The van der Waals surface area contributed by atoms with E-state index in [2.05, 4.69) is 15.7 Å². The van der Waals surface area contributed by atoms with Crippen LogP contribution in [0.2, 0.25) is 5.02 Å². The van der Waals surface area contributed by atoms with Crippen LogP contribution in [0.1, 0.15) is 10.5 Å². The Balaban J connectivity index is 2.67. The lowest BCUT2D eigenvalue weighted by Gasteiger charge is -2.15. The number of hydrogen-bond donors (Lipinski definition) is 3. The third kappa shape index (κ3) is 4.64. The number of ether oxygens (including phenoxy) is 2. The molecule has 0 spiro atoms. The monoisotopic (exact) mass is 288 g/mol. The van der Waals surface area contributed by atoms with Gasteiger partial charge in [0.1, 0.15) is 11.5 Å². The van der Waals surface area contributed by atoms with E-state index in [-0.39, 0.29) is 16.8 Å². The highest BCUT2D eigenvalue weighted by Gasteiger charge is 2.15. The zero-order valence-corrected chi connectivity index (χ0v) is 11.5. The third-order valence-electron chi connectivity index (χ3n) is 2.39. The first kappa shape index (κ1) is 15.6. The van der Waals surface area contributed by atoms with Gasteiger partial charge in [-0.3, -0.25) is 4.79 Å². The summed E-state index contributed by atoms with van der Waals surface area (Å²) < 4.78 is 10.1. The fourth-order valence-corrected chi connectivity index (χ4v) is 1.56. The summed E-state index contributed by atoms with van der Waals surface area (Å²) in [6.45, 7) is 0.670. The molecule has 8 heteroatoms. The fourth-order valence-electron chi connectivity index (χ4n) is 1.37. The number of nitrogen functional groups attached to an aromatic ring is 1. The average molecular weight is 289 g/mol. The second-order valence-corrected chi connectivity index (χ2v) is 4.10. The molecule has 0 aliphatic rings. The highest BCUT2D eigenvalue weighted by molar-refractivity contribution is 6.33. The van der Waals surface area contributed by atoms with Gasteiger partial charge in [0.15, 0.2) is 0 Å². The number of halogens is 1. The molecule has 0 radical (unpaired) electrons. The smallest absolute Gasteiger partial charge is 0.271 e. The molecule has 7 nitrogen and oxygen atoms in total. The van der Waals surface area contributed by atoms with Crippen molar-refractivity contribution in [3.63, 3.8) is 0 Å². The van der Waals surface area contributed by atoms with E-state index < -0.39 is 5.91 Å². The van der Waals surface area contributed by atoms with E-state index in [0.29, 0.717) is 19.0 Å². The van der Waals surface area contributed by atoms with Gasteiger partial charge in [-0.25, -0.2) is 10.8 Å². The van der Waals surface area contributed by atoms with Crippen molar-refractivity contribution in [2.75, 3.05) is 32.8 Å². The summed E-state index contributed by atoms with van der Waals surface area (Å²) in [5, 5.41) is 2.91. The van der Waals surface area contributed by atoms with Crippen LogP contribution >= 0.6 is 11.6 Å². The lowest BCUT2D eigenvalue weighted by Crippen LogP contribution is -2.36. The van der Waals surface area contributed by atoms with Crippen LogP contribution < -0.4 is 16.6 Å². The second-order valence-electron chi connectivity index (χ2n) is 3.69. The molecule has 0 aliphatic carbocycles. The van der Waals surface area contributed by atoms with Crippen LogP contribution in [-0.2, 0) is 9.47 Å². The fraction of sp³-hybridized carbons (Fsp3) is 0.455. The average Bonchev–Trinajstić information content (AvgIpc) is 2.43. The van der Waals surface area contributed by atoms with Crippen LogP contribution in [-0.4, -0.2) is 44.4 Å². The molecule has 4 N–H and O–H groups in total. The van der Waals surface area contributed by atoms with Crippen molar-refractivity contribution in [1.82, 2.24) is 10.3 Å². The Bertz CT molecular complexity index is 430. The quantitative estimate of drug-likeness (QED) is 0.497. The summed E-state index contributed by atoms with van der Waals surface area (Å²) in [6.07, 6.45) is -0.233. The number of hydrogen-bond acceptors (Lipinski definition) is 6. The van der Waals surface area contributed by atoms with Gasteiger partial charge < -0.3 is 20.2 Å². The lowest BCUT2D eigenvalue weighted by atomic mass is 10.3. The van der Waals surface area contributed by atoms with Gasteiger partial charge in [0.05, 0.1) is 17.7 Å². The summed E-state index contributed by atoms with van der Waals surface area (Å²) in [4.78, 5) is 15.9. The first-order valence-corrected chi connectivity index (χ1v) is 5.93. The first-order chi connectivity index (χ1) is 9.12. The predicted molar refractivity (Wildman–Crippen MR) is 72.1 cm³/mol. The number of carbonyl (C=O) groups is 1. The molecule has 0 bridgehead atoms. The molecule has 1 unspecified atom stereocenters.